The molecule has 7 heteroatoms. The van der Waals surface area contributed by atoms with Crippen LogP contribution in [0.2, 0.25) is 0 Å². The third-order valence-corrected chi connectivity index (χ3v) is 5.71. The van der Waals surface area contributed by atoms with Crippen molar-refractivity contribution in [3.8, 4) is 5.75 Å². The number of carbonyl (C=O) groups excluding carboxylic acids is 3. The first-order valence-electron chi connectivity index (χ1n) is 10.9. The van der Waals surface area contributed by atoms with Gasteiger partial charge >= 0.3 is 0 Å². The molecular weight excluding hydrogens is 418 g/mol. The highest BCUT2D eigenvalue weighted by Crippen LogP contribution is 2.33. The molecule has 0 bridgehead atoms. The lowest BCUT2D eigenvalue weighted by Crippen LogP contribution is -2.33. The molecular formula is C26H23N3O4. The molecule has 2 N–H and O–H groups in total. The number of rotatable bonds is 6. The molecule has 7 nitrogen and oxygen atoms in total. The van der Waals surface area contributed by atoms with E-state index in [1.54, 1.807) is 30.3 Å². The summed E-state index contributed by atoms with van der Waals surface area (Å²) in [5, 5.41) is 5.61. The van der Waals surface area contributed by atoms with Crippen LogP contribution in [0.25, 0.3) is 0 Å². The second-order valence-electron chi connectivity index (χ2n) is 8.23. The first-order valence-corrected chi connectivity index (χ1v) is 10.9. The lowest BCUT2D eigenvalue weighted by molar-refractivity contribution is -0.118. The summed E-state index contributed by atoms with van der Waals surface area (Å²) < 4.78 is 5.46. The van der Waals surface area contributed by atoms with Gasteiger partial charge in [-0.15, -0.1) is 0 Å². The monoisotopic (exact) mass is 441 g/mol. The van der Waals surface area contributed by atoms with Gasteiger partial charge in [-0.05, 0) is 60.9 Å². The van der Waals surface area contributed by atoms with E-state index in [-0.39, 0.29) is 30.4 Å². The van der Waals surface area contributed by atoms with Crippen LogP contribution < -0.4 is 15.4 Å². The fourth-order valence-electron chi connectivity index (χ4n) is 3.81. The zero-order chi connectivity index (χ0) is 22.8. The highest BCUT2D eigenvalue weighted by molar-refractivity contribution is 6.04. The number of hydrogen-bond acceptors (Lipinski definition) is 4. The molecule has 0 spiro atoms. The van der Waals surface area contributed by atoms with Gasteiger partial charge in [0, 0.05) is 29.4 Å². The molecule has 0 atom stereocenters. The van der Waals surface area contributed by atoms with Crippen LogP contribution in [0.15, 0.2) is 72.8 Å². The van der Waals surface area contributed by atoms with Gasteiger partial charge in [-0.1, -0.05) is 30.3 Å². The Morgan fingerprint density at radius 2 is 1.70 bits per heavy atom. The van der Waals surface area contributed by atoms with Gasteiger partial charge in [-0.2, -0.15) is 0 Å². The Morgan fingerprint density at radius 1 is 0.970 bits per heavy atom. The van der Waals surface area contributed by atoms with Crippen LogP contribution in [0.5, 0.6) is 5.75 Å². The van der Waals surface area contributed by atoms with Crippen molar-refractivity contribution in [1.29, 1.82) is 0 Å². The van der Waals surface area contributed by atoms with E-state index in [1.807, 2.05) is 47.4 Å². The molecule has 0 unspecified atom stereocenters. The van der Waals surface area contributed by atoms with E-state index >= 15 is 0 Å². The van der Waals surface area contributed by atoms with E-state index < -0.39 is 0 Å². The van der Waals surface area contributed by atoms with E-state index in [4.69, 9.17) is 4.74 Å². The Labute approximate surface area is 191 Å². The number of ether oxygens (including phenoxy) is 1. The second-order valence-corrected chi connectivity index (χ2v) is 8.23. The van der Waals surface area contributed by atoms with Crippen molar-refractivity contribution in [2.75, 3.05) is 17.2 Å². The summed E-state index contributed by atoms with van der Waals surface area (Å²) in [6, 6.07) is 21.9. The molecule has 0 radical (unpaired) electrons. The number of hydrogen-bond donors (Lipinski definition) is 2. The van der Waals surface area contributed by atoms with Crippen LogP contribution in [0.4, 0.5) is 11.4 Å². The van der Waals surface area contributed by atoms with Gasteiger partial charge in [0.2, 0.25) is 0 Å². The van der Waals surface area contributed by atoms with Crippen LogP contribution in [0.3, 0.4) is 0 Å². The van der Waals surface area contributed by atoms with E-state index in [0.29, 0.717) is 29.1 Å². The number of carbonyl (C=O) groups is 3. The van der Waals surface area contributed by atoms with Crippen molar-refractivity contribution in [3.05, 3.63) is 89.5 Å². The molecule has 5 rings (SSSR count). The van der Waals surface area contributed by atoms with Gasteiger partial charge in [-0.3, -0.25) is 14.4 Å². The number of fused-ring (bicyclic) bond motifs is 1. The Hall–Kier alpha value is -4.13. The largest absolute Gasteiger partial charge is 0.482 e. The maximum atomic E-state index is 13.3. The van der Waals surface area contributed by atoms with Crippen molar-refractivity contribution in [3.63, 3.8) is 0 Å². The second kappa shape index (κ2) is 8.78. The highest BCUT2D eigenvalue weighted by atomic mass is 16.5. The Bertz CT molecular complexity index is 1200. The fraction of sp³-hybridized carbons (Fsp3) is 0.192. The number of benzene rings is 3. The van der Waals surface area contributed by atoms with Crippen LogP contribution in [-0.4, -0.2) is 35.3 Å². The van der Waals surface area contributed by atoms with Crippen molar-refractivity contribution >= 4 is 29.1 Å². The molecule has 33 heavy (non-hydrogen) atoms. The average molecular weight is 441 g/mol. The summed E-state index contributed by atoms with van der Waals surface area (Å²) in [6.45, 7) is 0.403. The van der Waals surface area contributed by atoms with Gasteiger partial charge in [0.15, 0.2) is 6.61 Å². The Morgan fingerprint density at radius 3 is 2.42 bits per heavy atom. The van der Waals surface area contributed by atoms with Crippen LogP contribution >= 0.6 is 0 Å². The minimum atomic E-state index is -0.206. The third-order valence-electron chi connectivity index (χ3n) is 5.71. The summed E-state index contributed by atoms with van der Waals surface area (Å²) in [7, 11) is 0. The maximum Gasteiger partial charge on any atom is 0.262 e. The van der Waals surface area contributed by atoms with Crippen molar-refractivity contribution in [2.24, 2.45) is 0 Å². The van der Waals surface area contributed by atoms with E-state index in [2.05, 4.69) is 10.6 Å². The Kier molecular flexibility index (Phi) is 5.52. The first-order chi connectivity index (χ1) is 16.1. The number of amides is 3. The summed E-state index contributed by atoms with van der Waals surface area (Å²) in [5.41, 5.74) is 3.35. The summed E-state index contributed by atoms with van der Waals surface area (Å²) >= 11 is 0. The zero-order valence-corrected chi connectivity index (χ0v) is 17.9. The summed E-state index contributed by atoms with van der Waals surface area (Å²) in [6.07, 6.45) is 1.95. The number of nitrogens with one attached hydrogen (secondary N) is 2. The number of anilines is 2. The molecule has 1 fully saturated rings. The zero-order valence-electron chi connectivity index (χ0n) is 17.9. The Balaban J connectivity index is 1.28. The predicted molar refractivity (Wildman–Crippen MR) is 124 cm³/mol. The highest BCUT2D eigenvalue weighted by Gasteiger charge is 2.33. The maximum absolute atomic E-state index is 13.3. The molecule has 1 saturated carbocycles. The van der Waals surface area contributed by atoms with Gasteiger partial charge in [0.25, 0.3) is 17.7 Å². The molecule has 1 aliphatic carbocycles. The molecule has 2 aliphatic rings. The van der Waals surface area contributed by atoms with Gasteiger partial charge in [0.1, 0.15) is 5.75 Å². The first kappa shape index (κ1) is 20.8. The molecule has 3 aromatic rings. The van der Waals surface area contributed by atoms with Crippen molar-refractivity contribution in [2.45, 2.75) is 25.4 Å². The molecule has 3 amide bonds. The summed E-state index contributed by atoms with van der Waals surface area (Å²) in [4.78, 5) is 39.1. The standard InChI is InChI=1S/C26H23N3O4/c30-24-16-33-23-14-19(10-13-22(23)28-24)26(32)29(21-11-12-21)15-17-6-8-18(9-7-17)25(31)27-20-4-2-1-3-5-20/h1-10,13-14,21H,11-12,15-16H2,(H,27,31)(H,28,30). The third kappa shape index (κ3) is 4.72. The van der Waals surface area contributed by atoms with Crippen LogP contribution in [0.1, 0.15) is 39.1 Å². The molecule has 0 aromatic heterocycles. The lowest BCUT2D eigenvalue weighted by Gasteiger charge is -2.24. The fourth-order valence-corrected chi connectivity index (χ4v) is 3.81. The SMILES string of the molecule is O=C1COc2cc(C(=O)N(Cc3ccc(C(=O)Nc4ccccc4)cc3)C3CC3)ccc2N1. The van der Waals surface area contributed by atoms with E-state index in [1.165, 1.54) is 0 Å². The predicted octanol–water partition coefficient (Wildman–Crippen LogP) is 4.07. The van der Waals surface area contributed by atoms with Gasteiger partial charge in [0.05, 0.1) is 5.69 Å². The average Bonchev–Trinajstić information content (AvgIpc) is 3.68. The van der Waals surface area contributed by atoms with Crippen LogP contribution in [0, 0.1) is 0 Å². The normalized spacial score (nSPS) is 14.5. The lowest BCUT2D eigenvalue weighted by atomic mass is 10.1. The van der Waals surface area contributed by atoms with Crippen molar-refractivity contribution < 1.29 is 19.1 Å². The molecule has 1 heterocycles. The van der Waals surface area contributed by atoms with Crippen molar-refractivity contribution in [1.82, 2.24) is 4.90 Å². The molecule has 3 aromatic carbocycles. The number of para-hydroxylation sites is 1. The summed E-state index contributed by atoms with van der Waals surface area (Å²) in [5.74, 6) is 0.0442. The molecule has 166 valence electrons. The van der Waals surface area contributed by atoms with E-state index in [9.17, 15) is 14.4 Å². The molecule has 0 saturated heterocycles. The van der Waals surface area contributed by atoms with Crippen LogP contribution in [-0.2, 0) is 11.3 Å². The minimum absolute atomic E-state index is 0.0544. The van der Waals surface area contributed by atoms with Gasteiger partial charge < -0.3 is 20.3 Å². The molecule has 1 aliphatic heterocycles. The smallest absolute Gasteiger partial charge is 0.262 e. The van der Waals surface area contributed by atoms with Gasteiger partial charge in [-0.25, -0.2) is 0 Å². The number of nitrogens with zero attached hydrogens (tertiary/aromatic N) is 1. The topological polar surface area (TPSA) is 87.7 Å². The van der Waals surface area contributed by atoms with E-state index in [0.717, 1.165) is 24.1 Å². The quantitative estimate of drug-likeness (QED) is 0.604. The minimum Gasteiger partial charge on any atom is -0.482 e.